The Morgan fingerprint density at radius 1 is 1.15 bits per heavy atom. The van der Waals surface area contributed by atoms with Gasteiger partial charge in [0, 0.05) is 25.9 Å². The van der Waals surface area contributed by atoms with Crippen molar-refractivity contribution in [3.05, 3.63) is 29.7 Å². The molecule has 0 unspecified atom stereocenters. The molecule has 1 aromatic heterocycles. The van der Waals surface area contributed by atoms with Crippen LogP contribution in [0.25, 0.3) is 10.9 Å². The number of piperidine rings is 1. The third-order valence-corrected chi connectivity index (χ3v) is 5.02. The molecule has 5 nitrogen and oxygen atoms in total. The Bertz CT molecular complexity index is 856. The quantitative estimate of drug-likeness (QED) is 0.736. The van der Waals surface area contributed by atoms with Gasteiger partial charge in [-0.25, -0.2) is 9.37 Å². The number of pyridine rings is 1. The molecule has 1 spiro atoms. The highest BCUT2D eigenvalue weighted by molar-refractivity contribution is 5.92. The fourth-order valence-corrected chi connectivity index (χ4v) is 3.78. The molecule has 2 aromatic rings. The van der Waals surface area contributed by atoms with Gasteiger partial charge in [-0.15, -0.1) is 0 Å². The molecule has 0 atom stereocenters. The first kappa shape index (κ1) is 18.2. The lowest BCUT2D eigenvalue weighted by molar-refractivity contribution is -0.169. The van der Waals surface area contributed by atoms with Crippen LogP contribution in [-0.2, 0) is 15.7 Å². The molecule has 2 saturated heterocycles. The van der Waals surface area contributed by atoms with Crippen molar-refractivity contribution in [1.82, 2.24) is 4.98 Å². The molecule has 0 saturated carbocycles. The van der Waals surface area contributed by atoms with E-state index in [0.717, 1.165) is 0 Å². The summed E-state index contributed by atoms with van der Waals surface area (Å²) in [6.45, 7) is 1.45. The van der Waals surface area contributed by atoms with Gasteiger partial charge in [-0.2, -0.15) is 13.2 Å². The molecule has 0 N–H and O–H groups in total. The summed E-state index contributed by atoms with van der Waals surface area (Å²) in [7, 11) is 1.24. The molecule has 2 aliphatic heterocycles. The zero-order valence-electron chi connectivity index (χ0n) is 14.6. The Balaban J connectivity index is 1.84. The van der Waals surface area contributed by atoms with Crippen LogP contribution in [0.4, 0.5) is 23.2 Å². The highest BCUT2D eigenvalue weighted by atomic mass is 19.4. The lowest BCUT2D eigenvalue weighted by Gasteiger charge is -2.39. The average Bonchev–Trinajstić information content (AvgIpc) is 3.08. The van der Waals surface area contributed by atoms with Gasteiger partial charge in [-0.05, 0) is 12.1 Å². The van der Waals surface area contributed by atoms with E-state index in [-0.39, 0.29) is 35.4 Å². The van der Waals surface area contributed by atoms with Gasteiger partial charge in [-0.3, -0.25) is 0 Å². The van der Waals surface area contributed by atoms with E-state index >= 15 is 0 Å². The first-order valence-corrected chi connectivity index (χ1v) is 8.61. The summed E-state index contributed by atoms with van der Waals surface area (Å²) in [5.41, 5.74) is -1.42. The molecule has 3 heterocycles. The smallest absolute Gasteiger partial charge is 0.435 e. The van der Waals surface area contributed by atoms with Crippen LogP contribution in [0, 0.1) is 5.82 Å². The monoisotopic (exact) mass is 386 g/mol. The number of halogens is 4. The van der Waals surface area contributed by atoms with Crippen molar-refractivity contribution in [2.45, 2.75) is 24.8 Å². The van der Waals surface area contributed by atoms with E-state index < -0.39 is 23.5 Å². The Hall–Kier alpha value is -2.13. The lowest BCUT2D eigenvalue weighted by Crippen LogP contribution is -2.45. The number of hydrogen-bond donors (Lipinski definition) is 0. The normalized spacial score (nSPS) is 19.8. The predicted octanol–water partition coefficient (Wildman–Crippen LogP) is 3.74. The minimum Gasteiger partial charge on any atom is -0.494 e. The highest BCUT2D eigenvalue weighted by Crippen LogP contribution is 2.46. The van der Waals surface area contributed by atoms with Crippen LogP contribution in [0.15, 0.2) is 18.2 Å². The summed E-state index contributed by atoms with van der Waals surface area (Å²) in [4.78, 5) is 5.26. The van der Waals surface area contributed by atoms with E-state index in [1.54, 1.807) is 0 Å². The molecule has 27 heavy (non-hydrogen) atoms. The molecule has 0 radical (unpaired) electrons. The summed E-state index contributed by atoms with van der Waals surface area (Å²) in [6.07, 6.45) is -3.90. The van der Waals surface area contributed by atoms with Gasteiger partial charge < -0.3 is 19.1 Å². The van der Waals surface area contributed by atoms with Gasteiger partial charge in [-0.1, -0.05) is 6.07 Å². The van der Waals surface area contributed by atoms with Gasteiger partial charge in [0.25, 0.3) is 0 Å². The number of benzene rings is 1. The van der Waals surface area contributed by atoms with Crippen molar-refractivity contribution in [1.29, 1.82) is 0 Å². The van der Waals surface area contributed by atoms with Crippen LogP contribution >= 0.6 is 0 Å². The second-order valence-corrected chi connectivity index (χ2v) is 6.57. The van der Waals surface area contributed by atoms with Crippen LogP contribution in [0.2, 0.25) is 0 Å². The SMILES string of the molecule is COc1c(N2CCC3(CC2)OCCO3)c(C(F)(F)F)nc2cccc(F)c12. The van der Waals surface area contributed by atoms with Crippen molar-refractivity contribution < 1.29 is 31.8 Å². The third-order valence-electron chi connectivity index (χ3n) is 5.02. The molecule has 0 bridgehead atoms. The van der Waals surface area contributed by atoms with E-state index in [4.69, 9.17) is 14.2 Å². The van der Waals surface area contributed by atoms with Gasteiger partial charge in [0.05, 0.1) is 31.2 Å². The number of alkyl halides is 3. The number of methoxy groups -OCH3 is 1. The van der Waals surface area contributed by atoms with Crippen LogP contribution in [0.1, 0.15) is 18.5 Å². The molecule has 146 valence electrons. The molecule has 2 fully saturated rings. The number of ether oxygens (including phenoxy) is 3. The number of rotatable bonds is 2. The summed E-state index contributed by atoms with van der Waals surface area (Å²) >= 11 is 0. The maximum atomic E-state index is 14.4. The minimum atomic E-state index is -4.71. The molecule has 2 aliphatic rings. The van der Waals surface area contributed by atoms with Crippen LogP contribution in [0.5, 0.6) is 5.75 Å². The first-order valence-electron chi connectivity index (χ1n) is 8.61. The van der Waals surface area contributed by atoms with E-state index in [9.17, 15) is 17.6 Å². The minimum absolute atomic E-state index is 0.0587. The van der Waals surface area contributed by atoms with Crippen molar-refractivity contribution in [2.75, 3.05) is 38.3 Å². The number of hydrogen-bond acceptors (Lipinski definition) is 5. The Labute approximate surface area is 152 Å². The Morgan fingerprint density at radius 2 is 1.81 bits per heavy atom. The van der Waals surface area contributed by atoms with Crippen LogP contribution in [-0.4, -0.2) is 44.2 Å². The summed E-state index contributed by atoms with van der Waals surface area (Å²) in [5, 5.41) is -0.0587. The molecule has 0 aliphatic carbocycles. The van der Waals surface area contributed by atoms with Gasteiger partial charge in [0.1, 0.15) is 11.5 Å². The van der Waals surface area contributed by atoms with E-state index in [0.29, 0.717) is 26.1 Å². The van der Waals surface area contributed by atoms with Crippen molar-refractivity contribution in [3.8, 4) is 5.75 Å². The van der Waals surface area contributed by atoms with Gasteiger partial charge in [0.15, 0.2) is 17.2 Å². The van der Waals surface area contributed by atoms with Gasteiger partial charge >= 0.3 is 6.18 Å². The van der Waals surface area contributed by atoms with Crippen LogP contribution < -0.4 is 9.64 Å². The molecule has 4 rings (SSSR count). The summed E-state index contributed by atoms with van der Waals surface area (Å²) < 4.78 is 72.2. The number of nitrogens with zero attached hydrogens (tertiary/aromatic N) is 2. The number of anilines is 1. The third kappa shape index (κ3) is 3.08. The second kappa shape index (κ2) is 6.49. The zero-order valence-corrected chi connectivity index (χ0v) is 14.6. The van der Waals surface area contributed by atoms with Crippen molar-refractivity contribution in [2.24, 2.45) is 0 Å². The van der Waals surface area contributed by atoms with Crippen LogP contribution in [0.3, 0.4) is 0 Å². The Morgan fingerprint density at radius 3 is 2.41 bits per heavy atom. The highest BCUT2D eigenvalue weighted by Gasteiger charge is 2.44. The maximum absolute atomic E-state index is 14.4. The average molecular weight is 386 g/mol. The fourth-order valence-electron chi connectivity index (χ4n) is 3.78. The van der Waals surface area contributed by atoms with Crippen molar-refractivity contribution >= 4 is 16.6 Å². The number of fused-ring (bicyclic) bond motifs is 1. The van der Waals surface area contributed by atoms with Gasteiger partial charge in [0.2, 0.25) is 0 Å². The standard InChI is InChI=1S/C18H18F4N2O3/c1-25-15-13-11(19)3-2-4-12(13)23-16(18(20,21)22)14(15)24-7-5-17(6-8-24)26-9-10-27-17/h2-4H,5-10H2,1H3. The largest absolute Gasteiger partial charge is 0.494 e. The molecule has 9 heteroatoms. The first-order chi connectivity index (χ1) is 12.8. The molecule has 1 aromatic carbocycles. The maximum Gasteiger partial charge on any atom is 0.435 e. The molecular weight excluding hydrogens is 368 g/mol. The predicted molar refractivity (Wildman–Crippen MR) is 89.3 cm³/mol. The fraction of sp³-hybridized carbons (Fsp3) is 0.500. The zero-order chi connectivity index (χ0) is 19.2. The van der Waals surface area contributed by atoms with E-state index in [1.165, 1.54) is 30.2 Å². The Kier molecular flexibility index (Phi) is 4.38. The topological polar surface area (TPSA) is 43.8 Å². The number of aromatic nitrogens is 1. The lowest BCUT2D eigenvalue weighted by atomic mass is 10.0. The van der Waals surface area contributed by atoms with E-state index in [1.807, 2.05) is 0 Å². The second-order valence-electron chi connectivity index (χ2n) is 6.57. The summed E-state index contributed by atoms with van der Waals surface area (Å²) in [6, 6.07) is 3.84. The van der Waals surface area contributed by atoms with Crippen molar-refractivity contribution in [3.63, 3.8) is 0 Å². The molecule has 0 amide bonds. The molecular formula is C18H18F4N2O3. The van der Waals surface area contributed by atoms with E-state index in [2.05, 4.69) is 4.98 Å². The summed E-state index contributed by atoms with van der Waals surface area (Å²) in [5.74, 6) is -1.57.